The molecule has 0 spiro atoms. The second-order valence-electron chi connectivity index (χ2n) is 5.54. The predicted molar refractivity (Wildman–Crippen MR) is 95.1 cm³/mol. The Morgan fingerprint density at radius 1 is 1.32 bits per heavy atom. The number of carbonyl (C=O) groups is 1. The minimum Gasteiger partial charge on any atom is -0.505 e. The van der Waals surface area contributed by atoms with Gasteiger partial charge < -0.3 is 9.84 Å². The van der Waals surface area contributed by atoms with Crippen LogP contribution < -0.4 is 0 Å². The second-order valence-corrected chi connectivity index (χ2v) is 5.97. The fourth-order valence-electron chi connectivity index (χ4n) is 2.49. The predicted octanol–water partition coefficient (Wildman–Crippen LogP) is 3.36. The van der Waals surface area contributed by atoms with Gasteiger partial charge in [0.1, 0.15) is 22.5 Å². The molecule has 0 atom stereocenters. The lowest BCUT2D eigenvalue weighted by atomic mass is 10.1. The minimum absolute atomic E-state index is 0.0478. The molecule has 1 aromatic heterocycles. The first-order chi connectivity index (χ1) is 12.0. The van der Waals surface area contributed by atoms with E-state index in [-0.39, 0.29) is 12.4 Å². The summed E-state index contributed by atoms with van der Waals surface area (Å²) >= 11 is 5.98. The first-order valence-corrected chi connectivity index (χ1v) is 8.00. The highest BCUT2D eigenvalue weighted by Gasteiger charge is 2.14. The Hall–Kier alpha value is -2.86. The molecule has 7 heteroatoms. The van der Waals surface area contributed by atoms with Crippen molar-refractivity contribution in [3.8, 4) is 11.4 Å². The third kappa shape index (κ3) is 3.64. The lowest BCUT2D eigenvalue weighted by Gasteiger charge is -2.11. The van der Waals surface area contributed by atoms with Gasteiger partial charge in [-0.25, -0.2) is 4.79 Å². The first kappa shape index (κ1) is 17.0. The lowest BCUT2D eigenvalue weighted by molar-refractivity contribution is -0.137. The fraction of sp³-hybridized carbons (Fsp3) is 0.167. The number of nitrogens with zero attached hydrogens (tertiary/aromatic N) is 3. The maximum absolute atomic E-state index is 11.1. The van der Waals surface area contributed by atoms with Crippen molar-refractivity contribution >= 4 is 28.6 Å². The summed E-state index contributed by atoms with van der Waals surface area (Å²) in [4.78, 5) is 12.5. The van der Waals surface area contributed by atoms with Gasteiger partial charge in [0.25, 0.3) is 0 Å². The smallest absolute Gasteiger partial charge is 0.330 e. The van der Waals surface area contributed by atoms with Crippen LogP contribution in [0, 0.1) is 6.92 Å². The fourth-order valence-corrected chi connectivity index (χ4v) is 2.66. The van der Waals surface area contributed by atoms with Crippen LogP contribution in [0.3, 0.4) is 0 Å². The highest BCUT2D eigenvalue weighted by atomic mass is 35.5. The van der Waals surface area contributed by atoms with Gasteiger partial charge in [-0.1, -0.05) is 24.2 Å². The summed E-state index contributed by atoms with van der Waals surface area (Å²) in [6, 6.07) is 8.83. The summed E-state index contributed by atoms with van der Waals surface area (Å²) in [5, 5.41) is 19.9. The van der Waals surface area contributed by atoms with Crippen molar-refractivity contribution < 1.29 is 14.6 Å². The number of benzene rings is 2. The Morgan fingerprint density at radius 3 is 2.84 bits per heavy atom. The van der Waals surface area contributed by atoms with Gasteiger partial charge in [-0.15, -0.1) is 15.0 Å². The van der Waals surface area contributed by atoms with Crippen molar-refractivity contribution in [1.82, 2.24) is 15.0 Å². The third-order valence-corrected chi connectivity index (χ3v) is 3.89. The molecule has 6 nitrogen and oxygen atoms in total. The van der Waals surface area contributed by atoms with Crippen LogP contribution in [0.5, 0.6) is 5.75 Å². The quantitative estimate of drug-likeness (QED) is 0.559. The molecule has 25 heavy (non-hydrogen) atoms. The number of hydrogen-bond donors (Lipinski definition) is 1. The van der Waals surface area contributed by atoms with Crippen molar-refractivity contribution in [3.05, 3.63) is 59.1 Å². The second kappa shape index (κ2) is 6.94. The highest BCUT2D eigenvalue weighted by molar-refractivity contribution is 6.31. The molecule has 0 bridgehead atoms. The maximum atomic E-state index is 11.1. The molecule has 0 aliphatic rings. The topological polar surface area (TPSA) is 77.2 Å². The Balaban J connectivity index is 1.95. The van der Waals surface area contributed by atoms with Crippen LogP contribution in [0.15, 0.2) is 43.0 Å². The standard InChI is InChI=1S/C18H16ClN3O3/c1-3-17(23)25-7-6-12-8-11(2)9-16(18(12)24)22-20-14-5-4-13(19)10-15(14)21-22/h3-5,8-10,24H,1,6-7H2,2H3. The minimum atomic E-state index is -0.496. The van der Waals surface area contributed by atoms with Gasteiger partial charge in [-0.2, -0.15) is 0 Å². The van der Waals surface area contributed by atoms with Crippen molar-refractivity contribution in [3.63, 3.8) is 0 Å². The molecule has 0 amide bonds. The number of fused-ring (bicyclic) bond motifs is 1. The molecule has 1 heterocycles. The molecule has 0 unspecified atom stereocenters. The zero-order valence-corrected chi connectivity index (χ0v) is 14.3. The third-order valence-electron chi connectivity index (χ3n) is 3.65. The molecule has 3 rings (SSSR count). The normalized spacial score (nSPS) is 10.8. The highest BCUT2D eigenvalue weighted by Crippen LogP contribution is 2.28. The molecule has 0 fully saturated rings. The van der Waals surface area contributed by atoms with Crippen LogP contribution in [-0.2, 0) is 16.0 Å². The number of carbonyl (C=O) groups excluding carboxylic acids is 1. The van der Waals surface area contributed by atoms with E-state index in [9.17, 15) is 9.90 Å². The summed E-state index contributed by atoms with van der Waals surface area (Å²) in [5.74, 6) is -0.448. The molecule has 3 aromatic rings. The molecule has 0 aliphatic heterocycles. The number of phenols is 1. The molecule has 0 saturated heterocycles. The number of aromatic hydroxyl groups is 1. The van der Waals surface area contributed by atoms with Crippen LogP contribution in [-0.4, -0.2) is 32.7 Å². The van der Waals surface area contributed by atoms with E-state index in [0.29, 0.717) is 33.7 Å². The number of hydrogen-bond acceptors (Lipinski definition) is 5. The van der Waals surface area contributed by atoms with E-state index in [2.05, 4.69) is 16.8 Å². The van der Waals surface area contributed by atoms with Crippen molar-refractivity contribution in [2.24, 2.45) is 0 Å². The van der Waals surface area contributed by atoms with Gasteiger partial charge in [0.15, 0.2) is 0 Å². The number of esters is 1. The van der Waals surface area contributed by atoms with Gasteiger partial charge in [-0.3, -0.25) is 0 Å². The average molecular weight is 358 g/mol. The summed E-state index contributed by atoms with van der Waals surface area (Å²) < 4.78 is 4.98. The molecule has 1 N–H and O–H groups in total. The van der Waals surface area contributed by atoms with E-state index < -0.39 is 5.97 Å². The Bertz CT molecular complexity index is 966. The van der Waals surface area contributed by atoms with Gasteiger partial charge in [-0.05, 0) is 42.3 Å². The van der Waals surface area contributed by atoms with E-state index in [1.807, 2.05) is 13.0 Å². The Morgan fingerprint density at radius 2 is 2.08 bits per heavy atom. The monoisotopic (exact) mass is 357 g/mol. The maximum Gasteiger partial charge on any atom is 0.330 e. The van der Waals surface area contributed by atoms with Crippen LogP contribution in [0.2, 0.25) is 5.02 Å². The van der Waals surface area contributed by atoms with Gasteiger partial charge in [0.2, 0.25) is 0 Å². The van der Waals surface area contributed by atoms with Gasteiger partial charge in [0.05, 0.1) is 6.61 Å². The zero-order chi connectivity index (χ0) is 18.0. The molecule has 0 saturated carbocycles. The average Bonchev–Trinajstić information content (AvgIpc) is 3.00. The lowest BCUT2D eigenvalue weighted by Crippen LogP contribution is -2.06. The molecular formula is C18H16ClN3O3. The summed E-state index contributed by atoms with van der Waals surface area (Å²) in [7, 11) is 0. The van der Waals surface area contributed by atoms with Crippen molar-refractivity contribution in [1.29, 1.82) is 0 Å². The first-order valence-electron chi connectivity index (χ1n) is 7.62. The van der Waals surface area contributed by atoms with E-state index in [4.69, 9.17) is 16.3 Å². The number of aryl methyl sites for hydroxylation is 1. The summed E-state index contributed by atoms with van der Waals surface area (Å²) in [5.41, 5.74) is 3.34. The van der Waals surface area contributed by atoms with E-state index >= 15 is 0 Å². The van der Waals surface area contributed by atoms with E-state index in [1.165, 1.54) is 4.80 Å². The summed E-state index contributed by atoms with van der Waals surface area (Å²) in [6.07, 6.45) is 1.47. The SMILES string of the molecule is C=CC(=O)OCCc1cc(C)cc(-n2nc3ccc(Cl)cc3n2)c1O. The molecule has 0 aliphatic carbocycles. The largest absolute Gasteiger partial charge is 0.505 e. The number of aromatic nitrogens is 3. The van der Waals surface area contributed by atoms with E-state index in [0.717, 1.165) is 11.6 Å². The van der Waals surface area contributed by atoms with E-state index in [1.54, 1.807) is 24.3 Å². The van der Waals surface area contributed by atoms with Crippen LogP contribution in [0.4, 0.5) is 0 Å². The molecule has 2 aromatic carbocycles. The van der Waals surface area contributed by atoms with Crippen molar-refractivity contribution in [2.75, 3.05) is 6.61 Å². The Labute approximate surface area is 149 Å². The van der Waals surface area contributed by atoms with Gasteiger partial charge in [0, 0.05) is 17.5 Å². The van der Waals surface area contributed by atoms with Crippen molar-refractivity contribution in [2.45, 2.75) is 13.3 Å². The molecule has 0 radical (unpaired) electrons. The van der Waals surface area contributed by atoms with Crippen LogP contribution in [0.1, 0.15) is 11.1 Å². The zero-order valence-electron chi connectivity index (χ0n) is 13.6. The number of halogens is 1. The Kier molecular flexibility index (Phi) is 4.72. The number of ether oxygens (including phenoxy) is 1. The van der Waals surface area contributed by atoms with Gasteiger partial charge >= 0.3 is 5.97 Å². The molecule has 128 valence electrons. The van der Waals surface area contributed by atoms with Crippen LogP contribution >= 0.6 is 11.6 Å². The molecular weight excluding hydrogens is 342 g/mol. The summed E-state index contributed by atoms with van der Waals surface area (Å²) in [6.45, 7) is 5.39. The van der Waals surface area contributed by atoms with Crippen LogP contribution in [0.25, 0.3) is 16.7 Å². The number of phenolic OH excluding ortho intramolecular Hbond substituents is 1. The number of rotatable bonds is 5.